The van der Waals surface area contributed by atoms with Crippen molar-refractivity contribution < 1.29 is 9.21 Å². The predicted octanol–water partition coefficient (Wildman–Crippen LogP) is 4.20. The number of carbonyl (C=O) groups is 1. The Bertz CT molecular complexity index is 856. The van der Waals surface area contributed by atoms with Crippen LogP contribution in [-0.4, -0.2) is 28.1 Å². The van der Waals surface area contributed by atoms with E-state index in [4.69, 9.17) is 4.42 Å². The van der Waals surface area contributed by atoms with E-state index in [2.05, 4.69) is 10.2 Å². The monoisotopic (exact) mass is 349 g/mol. The van der Waals surface area contributed by atoms with E-state index in [1.807, 2.05) is 75.5 Å². The first kappa shape index (κ1) is 17.9. The van der Waals surface area contributed by atoms with Gasteiger partial charge in [0.05, 0.1) is 6.04 Å². The topological polar surface area (TPSA) is 59.2 Å². The maximum Gasteiger partial charge on any atom is 0.247 e. The van der Waals surface area contributed by atoms with Gasteiger partial charge in [-0.1, -0.05) is 48.0 Å². The molecule has 1 aromatic heterocycles. The summed E-state index contributed by atoms with van der Waals surface area (Å²) in [6.45, 7) is 4.05. The molecule has 3 aromatic rings. The van der Waals surface area contributed by atoms with Gasteiger partial charge in [-0.05, 0) is 31.5 Å². The van der Waals surface area contributed by atoms with Crippen molar-refractivity contribution in [2.45, 2.75) is 32.7 Å². The van der Waals surface area contributed by atoms with Crippen LogP contribution in [0.25, 0.3) is 11.5 Å². The van der Waals surface area contributed by atoms with Crippen LogP contribution in [0, 0.1) is 6.92 Å². The lowest BCUT2D eigenvalue weighted by molar-refractivity contribution is -0.131. The minimum atomic E-state index is 0.0227. The summed E-state index contributed by atoms with van der Waals surface area (Å²) in [6, 6.07) is 17.9. The Morgan fingerprint density at radius 3 is 2.46 bits per heavy atom. The summed E-state index contributed by atoms with van der Waals surface area (Å²) < 4.78 is 5.69. The van der Waals surface area contributed by atoms with Gasteiger partial charge in [0.15, 0.2) is 0 Å². The summed E-state index contributed by atoms with van der Waals surface area (Å²) in [6.07, 6.45) is 0.771. The van der Waals surface area contributed by atoms with Gasteiger partial charge >= 0.3 is 0 Å². The van der Waals surface area contributed by atoms with E-state index in [-0.39, 0.29) is 11.9 Å². The number of hydrogen-bond acceptors (Lipinski definition) is 4. The summed E-state index contributed by atoms with van der Waals surface area (Å²) in [4.78, 5) is 14.2. The standard InChI is InChI=1S/C21H23N3O2/c1-15-9-11-18(12-10-15)21-23-22-19(26-21)13-14-20(25)24(3)16(2)17-7-5-4-6-8-17/h4-12,16H,13-14H2,1-3H3. The molecule has 3 rings (SSSR count). The molecule has 0 radical (unpaired) electrons. The fraction of sp³-hybridized carbons (Fsp3) is 0.286. The smallest absolute Gasteiger partial charge is 0.247 e. The van der Waals surface area contributed by atoms with Crippen LogP contribution in [0.5, 0.6) is 0 Å². The van der Waals surface area contributed by atoms with Gasteiger partial charge in [-0.25, -0.2) is 0 Å². The van der Waals surface area contributed by atoms with E-state index in [0.29, 0.717) is 24.6 Å². The summed E-state index contributed by atoms with van der Waals surface area (Å²) in [5, 5.41) is 8.14. The molecule has 0 aliphatic carbocycles. The van der Waals surface area contributed by atoms with E-state index in [1.165, 1.54) is 5.56 Å². The van der Waals surface area contributed by atoms with Gasteiger partial charge in [-0.2, -0.15) is 0 Å². The second-order valence-corrected chi connectivity index (χ2v) is 6.46. The molecule has 0 spiro atoms. The Morgan fingerprint density at radius 1 is 1.08 bits per heavy atom. The molecular weight excluding hydrogens is 326 g/mol. The first-order valence-corrected chi connectivity index (χ1v) is 8.74. The van der Waals surface area contributed by atoms with Gasteiger partial charge in [0, 0.05) is 25.5 Å². The zero-order valence-electron chi connectivity index (χ0n) is 15.3. The van der Waals surface area contributed by atoms with E-state index in [1.54, 1.807) is 4.90 Å². The third kappa shape index (κ3) is 4.17. The molecule has 0 aliphatic heterocycles. The van der Waals surface area contributed by atoms with Crippen molar-refractivity contribution in [3.63, 3.8) is 0 Å². The number of amides is 1. The molecule has 0 N–H and O–H groups in total. The number of hydrogen-bond donors (Lipinski definition) is 0. The normalized spacial score (nSPS) is 12.0. The zero-order valence-corrected chi connectivity index (χ0v) is 15.3. The highest BCUT2D eigenvalue weighted by Crippen LogP contribution is 2.21. The van der Waals surface area contributed by atoms with Gasteiger partial charge in [0.1, 0.15) is 0 Å². The maximum absolute atomic E-state index is 12.5. The fourth-order valence-electron chi connectivity index (χ4n) is 2.73. The van der Waals surface area contributed by atoms with E-state index >= 15 is 0 Å². The van der Waals surface area contributed by atoms with Gasteiger partial charge in [0.25, 0.3) is 0 Å². The lowest BCUT2D eigenvalue weighted by atomic mass is 10.1. The van der Waals surface area contributed by atoms with Gasteiger partial charge in [-0.3, -0.25) is 4.79 Å². The molecular formula is C21H23N3O2. The van der Waals surface area contributed by atoms with Gasteiger partial charge in [-0.15, -0.1) is 10.2 Å². The molecule has 26 heavy (non-hydrogen) atoms. The number of aromatic nitrogens is 2. The molecule has 2 aromatic carbocycles. The number of benzene rings is 2. The van der Waals surface area contributed by atoms with Crippen LogP contribution in [0.15, 0.2) is 59.0 Å². The number of nitrogens with zero attached hydrogens (tertiary/aromatic N) is 3. The van der Waals surface area contributed by atoms with Crippen LogP contribution in [0.1, 0.15) is 36.4 Å². The van der Waals surface area contributed by atoms with Crippen molar-refractivity contribution in [3.8, 4) is 11.5 Å². The second kappa shape index (κ2) is 7.95. The van der Waals surface area contributed by atoms with E-state index in [0.717, 1.165) is 11.1 Å². The first-order chi connectivity index (χ1) is 12.5. The van der Waals surface area contributed by atoms with Crippen LogP contribution in [-0.2, 0) is 11.2 Å². The number of rotatable bonds is 6. The summed E-state index contributed by atoms with van der Waals surface area (Å²) in [5.74, 6) is 1.02. The fourth-order valence-corrected chi connectivity index (χ4v) is 2.73. The lowest BCUT2D eigenvalue weighted by Gasteiger charge is -2.25. The minimum absolute atomic E-state index is 0.0227. The number of aryl methyl sites for hydroxylation is 2. The highest BCUT2D eigenvalue weighted by Gasteiger charge is 2.18. The van der Waals surface area contributed by atoms with Crippen LogP contribution >= 0.6 is 0 Å². The van der Waals surface area contributed by atoms with Crippen LogP contribution in [0.2, 0.25) is 0 Å². The second-order valence-electron chi connectivity index (χ2n) is 6.46. The quantitative estimate of drug-likeness (QED) is 0.669. The van der Waals surface area contributed by atoms with Crippen molar-refractivity contribution in [1.82, 2.24) is 15.1 Å². The molecule has 1 heterocycles. The molecule has 0 bridgehead atoms. The summed E-state index contributed by atoms with van der Waals surface area (Å²) in [5.41, 5.74) is 3.17. The largest absolute Gasteiger partial charge is 0.421 e. The third-order valence-electron chi connectivity index (χ3n) is 4.57. The first-order valence-electron chi connectivity index (χ1n) is 8.74. The van der Waals surface area contributed by atoms with Gasteiger partial charge < -0.3 is 9.32 Å². The van der Waals surface area contributed by atoms with Crippen molar-refractivity contribution in [2.75, 3.05) is 7.05 Å². The molecule has 0 saturated carbocycles. The Balaban J connectivity index is 1.58. The lowest BCUT2D eigenvalue weighted by Crippen LogP contribution is -2.29. The highest BCUT2D eigenvalue weighted by molar-refractivity contribution is 5.76. The molecule has 0 saturated heterocycles. The van der Waals surface area contributed by atoms with Crippen molar-refractivity contribution >= 4 is 5.91 Å². The number of carbonyl (C=O) groups excluding carboxylic acids is 1. The average Bonchev–Trinajstić information content (AvgIpc) is 3.15. The molecule has 5 heteroatoms. The summed E-state index contributed by atoms with van der Waals surface area (Å²) in [7, 11) is 1.82. The molecule has 0 fully saturated rings. The predicted molar refractivity (Wildman–Crippen MR) is 100 cm³/mol. The van der Waals surface area contributed by atoms with Crippen molar-refractivity contribution in [3.05, 3.63) is 71.6 Å². The Labute approximate surface area is 153 Å². The molecule has 1 amide bonds. The minimum Gasteiger partial charge on any atom is -0.421 e. The Morgan fingerprint density at radius 2 is 1.77 bits per heavy atom. The molecule has 134 valence electrons. The zero-order chi connectivity index (χ0) is 18.5. The Kier molecular flexibility index (Phi) is 5.46. The SMILES string of the molecule is Cc1ccc(-c2nnc(CCC(=O)N(C)C(C)c3ccccc3)o2)cc1. The third-order valence-corrected chi connectivity index (χ3v) is 4.57. The highest BCUT2D eigenvalue weighted by atomic mass is 16.4. The van der Waals surface area contributed by atoms with Gasteiger partial charge in [0.2, 0.25) is 17.7 Å². The summed E-state index contributed by atoms with van der Waals surface area (Å²) >= 11 is 0. The average molecular weight is 349 g/mol. The van der Waals surface area contributed by atoms with Crippen LogP contribution in [0.3, 0.4) is 0 Å². The van der Waals surface area contributed by atoms with Crippen LogP contribution < -0.4 is 0 Å². The van der Waals surface area contributed by atoms with E-state index in [9.17, 15) is 4.79 Å². The molecule has 1 unspecified atom stereocenters. The van der Waals surface area contributed by atoms with E-state index < -0.39 is 0 Å². The molecule has 0 aliphatic rings. The maximum atomic E-state index is 12.5. The molecule has 1 atom stereocenters. The van der Waals surface area contributed by atoms with Crippen molar-refractivity contribution in [2.24, 2.45) is 0 Å². The Hall–Kier alpha value is -2.95. The molecule has 5 nitrogen and oxygen atoms in total. The van der Waals surface area contributed by atoms with Crippen molar-refractivity contribution in [1.29, 1.82) is 0 Å². The van der Waals surface area contributed by atoms with Crippen LogP contribution in [0.4, 0.5) is 0 Å².